The number of hydrogen-bond donors (Lipinski definition) is 2. The first kappa shape index (κ1) is 17.9. The second-order valence-corrected chi connectivity index (χ2v) is 7.26. The summed E-state index contributed by atoms with van der Waals surface area (Å²) >= 11 is 1.69. The molecule has 1 aromatic heterocycles. The van der Waals surface area contributed by atoms with Crippen LogP contribution in [0.1, 0.15) is 42.8 Å². The standard InChI is InChI=1S/C15H27N3O2S/c1-10(9-15(4,5)20-6)17-14(19)16-8-7-13-18-11(2)12(3)21-13/h10H,7-9H2,1-6H3,(H2,16,17,19)/t10-/m0/s1. The zero-order chi connectivity index (χ0) is 16.0. The smallest absolute Gasteiger partial charge is 0.315 e. The van der Waals surface area contributed by atoms with Crippen molar-refractivity contribution in [3.8, 4) is 0 Å². The van der Waals surface area contributed by atoms with E-state index in [1.807, 2.05) is 27.7 Å². The van der Waals surface area contributed by atoms with Gasteiger partial charge in [0.2, 0.25) is 0 Å². The fraction of sp³-hybridized carbons (Fsp3) is 0.733. The molecule has 21 heavy (non-hydrogen) atoms. The molecule has 120 valence electrons. The third-order valence-electron chi connectivity index (χ3n) is 3.43. The summed E-state index contributed by atoms with van der Waals surface area (Å²) in [6.07, 6.45) is 1.53. The number of nitrogens with zero attached hydrogens (tertiary/aromatic N) is 1. The van der Waals surface area contributed by atoms with E-state index in [2.05, 4.69) is 22.5 Å². The summed E-state index contributed by atoms with van der Waals surface area (Å²) in [5.74, 6) is 0. The van der Waals surface area contributed by atoms with Crippen molar-refractivity contribution in [2.75, 3.05) is 13.7 Å². The summed E-state index contributed by atoms with van der Waals surface area (Å²) in [5, 5.41) is 6.86. The van der Waals surface area contributed by atoms with Crippen molar-refractivity contribution in [3.05, 3.63) is 15.6 Å². The molecule has 0 aliphatic heterocycles. The average molecular weight is 313 g/mol. The Morgan fingerprint density at radius 1 is 1.43 bits per heavy atom. The van der Waals surface area contributed by atoms with Gasteiger partial charge in [-0.2, -0.15) is 0 Å². The van der Waals surface area contributed by atoms with Gasteiger partial charge in [0.15, 0.2) is 0 Å². The van der Waals surface area contributed by atoms with Gasteiger partial charge in [-0.1, -0.05) is 0 Å². The number of aryl methyl sites for hydroxylation is 2. The van der Waals surface area contributed by atoms with E-state index in [1.165, 1.54) is 4.88 Å². The highest BCUT2D eigenvalue weighted by molar-refractivity contribution is 7.11. The lowest BCUT2D eigenvalue weighted by Gasteiger charge is -2.27. The summed E-state index contributed by atoms with van der Waals surface area (Å²) in [4.78, 5) is 17.5. The van der Waals surface area contributed by atoms with Gasteiger partial charge in [-0.25, -0.2) is 9.78 Å². The van der Waals surface area contributed by atoms with E-state index in [0.29, 0.717) is 6.54 Å². The fourth-order valence-corrected chi connectivity index (χ4v) is 3.01. The number of thiazole rings is 1. The zero-order valence-electron chi connectivity index (χ0n) is 13.9. The molecule has 6 heteroatoms. The van der Waals surface area contributed by atoms with Crippen molar-refractivity contribution in [2.24, 2.45) is 0 Å². The Hall–Kier alpha value is -1.14. The van der Waals surface area contributed by atoms with Gasteiger partial charge in [0.1, 0.15) is 0 Å². The number of rotatable bonds is 7. The van der Waals surface area contributed by atoms with Crippen molar-refractivity contribution in [1.29, 1.82) is 0 Å². The van der Waals surface area contributed by atoms with Crippen molar-refractivity contribution in [3.63, 3.8) is 0 Å². The molecular formula is C15H27N3O2S. The molecule has 0 fully saturated rings. The number of urea groups is 1. The van der Waals surface area contributed by atoms with Gasteiger partial charge in [-0.3, -0.25) is 0 Å². The normalized spacial score (nSPS) is 13.0. The molecule has 0 aromatic carbocycles. The van der Waals surface area contributed by atoms with E-state index >= 15 is 0 Å². The Bertz CT molecular complexity index is 452. The maximum Gasteiger partial charge on any atom is 0.315 e. The van der Waals surface area contributed by atoms with Crippen molar-refractivity contribution < 1.29 is 9.53 Å². The molecule has 0 saturated heterocycles. The molecule has 1 rings (SSSR count). The van der Waals surface area contributed by atoms with E-state index in [-0.39, 0.29) is 17.7 Å². The number of hydrogen-bond acceptors (Lipinski definition) is 4. The number of methoxy groups -OCH3 is 1. The molecule has 2 N–H and O–H groups in total. The first-order valence-electron chi connectivity index (χ1n) is 7.26. The minimum atomic E-state index is -0.233. The molecule has 1 aromatic rings. The lowest BCUT2D eigenvalue weighted by Crippen LogP contribution is -2.44. The van der Waals surface area contributed by atoms with Crippen LogP contribution in [0.25, 0.3) is 0 Å². The van der Waals surface area contributed by atoms with Crippen LogP contribution < -0.4 is 10.6 Å². The minimum absolute atomic E-state index is 0.0595. The molecule has 0 aliphatic carbocycles. The maximum absolute atomic E-state index is 11.8. The topological polar surface area (TPSA) is 63.2 Å². The quantitative estimate of drug-likeness (QED) is 0.813. The maximum atomic E-state index is 11.8. The number of carbonyl (C=O) groups is 1. The Labute approximate surface area is 131 Å². The second kappa shape index (κ2) is 7.75. The van der Waals surface area contributed by atoms with Gasteiger partial charge in [-0.15, -0.1) is 11.3 Å². The van der Waals surface area contributed by atoms with E-state index < -0.39 is 0 Å². The Kier molecular flexibility index (Phi) is 6.61. The Balaban J connectivity index is 2.28. The molecule has 0 unspecified atom stereocenters. The molecule has 0 saturated carbocycles. The first-order valence-corrected chi connectivity index (χ1v) is 8.07. The van der Waals surface area contributed by atoms with Crippen LogP contribution in [-0.2, 0) is 11.2 Å². The zero-order valence-corrected chi connectivity index (χ0v) is 14.7. The lowest BCUT2D eigenvalue weighted by molar-refractivity contribution is 0.00951. The Morgan fingerprint density at radius 2 is 2.10 bits per heavy atom. The van der Waals surface area contributed by atoms with Crippen LogP contribution in [0.2, 0.25) is 0 Å². The van der Waals surface area contributed by atoms with E-state index in [0.717, 1.165) is 23.5 Å². The predicted molar refractivity (Wildman–Crippen MR) is 87.0 cm³/mol. The summed E-state index contributed by atoms with van der Waals surface area (Å²) in [7, 11) is 1.69. The summed E-state index contributed by atoms with van der Waals surface area (Å²) < 4.78 is 5.36. The lowest BCUT2D eigenvalue weighted by atomic mass is 10.00. The molecule has 1 heterocycles. The fourth-order valence-electron chi connectivity index (χ4n) is 2.08. The SMILES string of the molecule is COC(C)(C)C[C@H](C)NC(=O)NCCc1nc(C)c(C)s1. The van der Waals surface area contributed by atoms with E-state index in [9.17, 15) is 4.79 Å². The largest absolute Gasteiger partial charge is 0.379 e. The van der Waals surface area contributed by atoms with Crippen molar-refractivity contribution >= 4 is 17.4 Å². The molecular weight excluding hydrogens is 286 g/mol. The summed E-state index contributed by atoms with van der Waals surface area (Å²) in [5.41, 5.74) is 0.845. The third-order valence-corrected chi connectivity index (χ3v) is 4.56. The van der Waals surface area contributed by atoms with E-state index in [4.69, 9.17) is 4.74 Å². The molecule has 1 atom stereocenters. The van der Waals surface area contributed by atoms with Gasteiger partial charge in [-0.05, 0) is 41.0 Å². The van der Waals surface area contributed by atoms with Crippen LogP contribution in [0, 0.1) is 13.8 Å². The average Bonchev–Trinajstić information content (AvgIpc) is 2.67. The highest BCUT2D eigenvalue weighted by Gasteiger charge is 2.21. The highest BCUT2D eigenvalue weighted by Crippen LogP contribution is 2.16. The third kappa shape index (κ3) is 6.44. The first-order chi connectivity index (χ1) is 9.73. The van der Waals surface area contributed by atoms with Gasteiger partial charge in [0.05, 0.1) is 16.3 Å². The number of carbonyl (C=O) groups excluding carboxylic acids is 1. The number of ether oxygens (including phenoxy) is 1. The van der Waals surface area contributed by atoms with Gasteiger partial charge in [0, 0.05) is 31.0 Å². The predicted octanol–water partition coefficient (Wildman–Crippen LogP) is 2.81. The molecule has 0 radical (unpaired) electrons. The van der Waals surface area contributed by atoms with Gasteiger partial charge in [0.25, 0.3) is 0 Å². The van der Waals surface area contributed by atoms with Crippen LogP contribution >= 0.6 is 11.3 Å². The molecule has 0 aliphatic rings. The van der Waals surface area contributed by atoms with Gasteiger partial charge < -0.3 is 15.4 Å². The molecule has 5 nitrogen and oxygen atoms in total. The van der Waals surface area contributed by atoms with Crippen molar-refractivity contribution in [1.82, 2.24) is 15.6 Å². The van der Waals surface area contributed by atoms with Crippen LogP contribution in [0.3, 0.4) is 0 Å². The van der Waals surface area contributed by atoms with Crippen LogP contribution in [0.4, 0.5) is 4.79 Å². The minimum Gasteiger partial charge on any atom is -0.379 e. The summed E-state index contributed by atoms with van der Waals surface area (Å²) in [6.45, 7) is 10.7. The van der Waals surface area contributed by atoms with Gasteiger partial charge >= 0.3 is 6.03 Å². The second-order valence-electron chi connectivity index (χ2n) is 5.97. The van der Waals surface area contributed by atoms with Crippen molar-refractivity contribution in [2.45, 2.75) is 59.1 Å². The molecule has 2 amide bonds. The Morgan fingerprint density at radius 3 is 2.62 bits per heavy atom. The van der Waals surface area contributed by atoms with Crippen LogP contribution in [0.5, 0.6) is 0 Å². The van der Waals surface area contributed by atoms with Crippen LogP contribution in [0.15, 0.2) is 0 Å². The number of amides is 2. The van der Waals surface area contributed by atoms with E-state index in [1.54, 1.807) is 18.4 Å². The summed E-state index contributed by atoms with van der Waals surface area (Å²) in [6, 6.07) is -0.0799. The number of nitrogens with one attached hydrogen (secondary N) is 2. The van der Waals surface area contributed by atoms with Crippen LogP contribution in [-0.4, -0.2) is 36.3 Å². The molecule has 0 bridgehead atoms. The number of aromatic nitrogens is 1. The molecule has 0 spiro atoms. The monoisotopic (exact) mass is 313 g/mol. The highest BCUT2D eigenvalue weighted by atomic mass is 32.1.